The van der Waals surface area contributed by atoms with Crippen molar-refractivity contribution in [2.75, 3.05) is 20.1 Å². The highest BCUT2D eigenvalue weighted by molar-refractivity contribution is 7.10. The van der Waals surface area contributed by atoms with E-state index in [4.69, 9.17) is 0 Å². The number of nitrogens with one attached hydrogen (secondary N) is 1. The third-order valence-electron chi connectivity index (χ3n) is 4.28. The van der Waals surface area contributed by atoms with Gasteiger partial charge < -0.3 is 10.2 Å². The first-order chi connectivity index (χ1) is 11.2. The Kier molecular flexibility index (Phi) is 5.35. The largest absolute Gasteiger partial charge is 0.350 e. The zero-order chi connectivity index (χ0) is 16.1. The third kappa shape index (κ3) is 4.36. The van der Waals surface area contributed by atoms with Gasteiger partial charge in [-0.2, -0.15) is 0 Å². The molecule has 1 aliphatic rings. The van der Waals surface area contributed by atoms with E-state index in [0.29, 0.717) is 18.9 Å². The summed E-state index contributed by atoms with van der Waals surface area (Å²) in [5, 5.41) is 4.97. The minimum Gasteiger partial charge on any atom is -0.350 e. The van der Waals surface area contributed by atoms with Crippen LogP contribution in [0.3, 0.4) is 0 Å². The van der Waals surface area contributed by atoms with E-state index in [0.717, 1.165) is 42.2 Å². The molecule has 0 saturated carbocycles. The lowest BCUT2D eigenvalue weighted by atomic mass is 9.92. The van der Waals surface area contributed by atoms with Gasteiger partial charge in [0, 0.05) is 23.2 Å². The SMILES string of the molecule is CN1CCC(c2nccnc2CNC(=O)Cc2cccs2)CC1. The lowest BCUT2D eigenvalue weighted by molar-refractivity contribution is -0.120. The molecule has 3 rings (SSSR count). The van der Waals surface area contributed by atoms with Crippen LogP contribution in [0.15, 0.2) is 29.9 Å². The molecule has 5 nitrogen and oxygen atoms in total. The van der Waals surface area contributed by atoms with E-state index < -0.39 is 0 Å². The Labute approximate surface area is 140 Å². The van der Waals surface area contributed by atoms with Crippen molar-refractivity contribution in [1.82, 2.24) is 20.2 Å². The van der Waals surface area contributed by atoms with Gasteiger partial charge in [-0.25, -0.2) is 0 Å². The maximum Gasteiger partial charge on any atom is 0.225 e. The Bertz CT molecular complexity index is 636. The second-order valence-electron chi connectivity index (χ2n) is 6.00. The highest BCUT2D eigenvalue weighted by Gasteiger charge is 2.22. The molecule has 0 unspecified atom stereocenters. The second kappa shape index (κ2) is 7.66. The lowest BCUT2D eigenvalue weighted by Crippen LogP contribution is -2.31. The van der Waals surface area contributed by atoms with Crippen LogP contribution in [0.25, 0.3) is 0 Å². The quantitative estimate of drug-likeness (QED) is 0.913. The first-order valence-corrected chi connectivity index (χ1v) is 8.87. The first kappa shape index (κ1) is 16.1. The fourth-order valence-corrected chi connectivity index (χ4v) is 3.66. The molecular formula is C17H22N4OS. The van der Waals surface area contributed by atoms with Crippen molar-refractivity contribution in [1.29, 1.82) is 0 Å². The van der Waals surface area contributed by atoms with Crippen LogP contribution in [0.4, 0.5) is 0 Å². The molecule has 23 heavy (non-hydrogen) atoms. The second-order valence-corrected chi connectivity index (χ2v) is 7.03. The number of carbonyl (C=O) groups is 1. The molecule has 1 fully saturated rings. The van der Waals surface area contributed by atoms with Crippen LogP contribution in [0.5, 0.6) is 0 Å². The van der Waals surface area contributed by atoms with E-state index >= 15 is 0 Å². The number of hydrogen-bond donors (Lipinski definition) is 1. The van der Waals surface area contributed by atoms with Crippen molar-refractivity contribution in [2.45, 2.75) is 31.7 Å². The number of nitrogens with zero attached hydrogens (tertiary/aromatic N) is 3. The van der Waals surface area contributed by atoms with Gasteiger partial charge in [-0.15, -0.1) is 11.3 Å². The van der Waals surface area contributed by atoms with Gasteiger partial charge in [-0.1, -0.05) is 6.07 Å². The lowest BCUT2D eigenvalue weighted by Gasteiger charge is -2.29. The minimum absolute atomic E-state index is 0.0347. The van der Waals surface area contributed by atoms with Gasteiger partial charge in [0.2, 0.25) is 5.91 Å². The number of carbonyl (C=O) groups excluding carboxylic acids is 1. The summed E-state index contributed by atoms with van der Waals surface area (Å²) in [6, 6.07) is 3.95. The normalized spacial score (nSPS) is 16.4. The monoisotopic (exact) mass is 330 g/mol. The van der Waals surface area contributed by atoms with E-state index in [1.54, 1.807) is 23.7 Å². The fourth-order valence-electron chi connectivity index (χ4n) is 2.95. The van der Waals surface area contributed by atoms with Crippen molar-refractivity contribution in [3.05, 3.63) is 46.2 Å². The van der Waals surface area contributed by atoms with E-state index in [-0.39, 0.29) is 5.91 Å². The summed E-state index contributed by atoms with van der Waals surface area (Å²) in [5.41, 5.74) is 1.96. The number of aromatic nitrogens is 2. The highest BCUT2D eigenvalue weighted by atomic mass is 32.1. The Balaban J connectivity index is 1.60. The molecule has 1 N–H and O–H groups in total. The molecule has 0 aromatic carbocycles. The molecule has 0 spiro atoms. The molecule has 2 aromatic heterocycles. The van der Waals surface area contributed by atoms with Gasteiger partial charge in [-0.3, -0.25) is 14.8 Å². The van der Waals surface area contributed by atoms with Gasteiger partial charge in [0.1, 0.15) is 0 Å². The van der Waals surface area contributed by atoms with Crippen molar-refractivity contribution >= 4 is 17.2 Å². The van der Waals surface area contributed by atoms with Crippen LogP contribution in [0.2, 0.25) is 0 Å². The smallest absolute Gasteiger partial charge is 0.225 e. The van der Waals surface area contributed by atoms with Gasteiger partial charge >= 0.3 is 0 Å². The molecule has 3 heterocycles. The van der Waals surface area contributed by atoms with Gasteiger partial charge in [-0.05, 0) is 44.4 Å². The molecule has 122 valence electrons. The average molecular weight is 330 g/mol. The molecule has 0 radical (unpaired) electrons. The summed E-state index contributed by atoms with van der Waals surface area (Å²) in [7, 11) is 2.15. The molecular weight excluding hydrogens is 308 g/mol. The molecule has 0 aliphatic carbocycles. The Morgan fingerprint density at radius 3 is 2.87 bits per heavy atom. The Morgan fingerprint density at radius 2 is 2.13 bits per heavy atom. The van der Waals surface area contributed by atoms with Gasteiger partial charge in [0.05, 0.1) is 24.4 Å². The number of amides is 1. The molecule has 1 saturated heterocycles. The molecule has 0 bridgehead atoms. The molecule has 1 amide bonds. The predicted molar refractivity (Wildman–Crippen MR) is 91.4 cm³/mol. The van der Waals surface area contributed by atoms with Crippen molar-refractivity contribution < 1.29 is 4.79 Å². The maximum atomic E-state index is 12.1. The van der Waals surface area contributed by atoms with Crippen LogP contribution >= 0.6 is 11.3 Å². The highest BCUT2D eigenvalue weighted by Crippen LogP contribution is 2.27. The summed E-state index contributed by atoms with van der Waals surface area (Å²) in [5.74, 6) is 0.483. The minimum atomic E-state index is 0.0347. The Morgan fingerprint density at radius 1 is 1.35 bits per heavy atom. The topological polar surface area (TPSA) is 58.1 Å². The molecule has 6 heteroatoms. The van der Waals surface area contributed by atoms with Crippen LogP contribution in [0, 0.1) is 0 Å². The van der Waals surface area contributed by atoms with Crippen molar-refractivity contribution in [2.24, 2.45) is 0 Å². The van der Waals surface area contributed by atoms with E-state index in [9.17, 15) is 4.79 Å². The van der Waals surface area contributed by atoms with Crippen LogP contribution in [-0.2, 0) is 17.8 Å². The van der Waals surface area contributed by atoms with E-state index in [1.165, 1.54) is 0 Å². The number of likely N-dealkylation sites (tertiary alicyclic amines) is 1. The first-order valence-electron chi connectivity index (χ1n) is 8.00. The number of rotatable bonds is 5. The molecule has 1 aliphatic heterocycles. The van der Waals surface area contributed by atoms with E-state index in [2.05, 4.69) is 27.2 Å². The number of hydrogen-bond acceptors (Lipinski definition) is 5. The third-order valence-corrected chi connectivity index (χ3v) is 5.16. The zero-order valence-electron chi connectivity index (χ0n) is 13.4. The van der Waals surface area contributed by atoms with Gasteiger partial charge in [0.15, 0.2) is 0 Å². The predicted octanol–water partition coefficient (Wildman–Crippen LogP) is 2.21. The van der Waals surface area contributed by atoms with Crippen LogP contribution in [-0.4, -0.2) is 40.9 Å². The summed E-state index contributed by atoms with van der Waals surface area (Å²) in [4.78, 5) is 24.5. The maximum absolute atomic E-state index is 12.1. The molecule has 0 atom stereocenters. The summed E-state index contributed by atoms with van der Waals surface area (Å²) in [6.07, 6.45) is 6.10. The summed E-state index contributed by atoms with van der Waals surface area (Å²) < 4.78 is 0. The Hall–Kier alpha value is -1.79. The van der Waals surface area contributed by atoms with E-state index in [1.807, 2.05) is 17.5 Å². The van der Waals surface area contributed by atoms with Crippen LogP contribution in [0.1, 0.15) is 35.0 Å². The number of piperidine rings is 1. The average Bonchev–Trinajstić information content (AvgIpc) is 3.07. The molecule has 2 aromatic rings. The van der Waals surface area contributed by atoms with Crippen molar-refractivity contribution in [3.8, 4) is 0 Å². The van der Waals surface area contributed by atoms with Gasteiger partial charge in [0.25, 0.3) is 0 Å². The number of thiophene rings is 1. The summed E-state index contributed by atoms with van der Waals surface area (Å²) in [6.45, 7) is 2.64. The standard InChI is InChI=1S/C17H22N4OS/c1-21-8-4-13(5-9-21)17-15(18-6-7-19-17)12-20-16(22)11-14-3-2-10-23-14/h2-3,6-7,10,13H,4-5,8-9,11-12H2,1H3,(H,20,22). The fraction of sp³-hybridized carbons (Fsp3) is 0.471. The zero-order valence-corrected chi connectivity index (χ0v) is 14.2. The van der Waals surface area contributed by atoms with Crippen molar-refractivity contribution in [3.63, 3.8) is 0 Å². The van der Waals surface area contributed by atoms with Crippen LogP contribution < -0.4 is 5.32 Å². The summed E-state index contributed by atoms with van der Waals surface area (Å²) >= 11 is 1.61.